The molecule has 1 rings (SSSR count). The Kier molecular flexibility index (Phi) is 9.22. The molecular formula is C10H19FN3O14P3. The minimum Gasteiger partial charge on any atom is -0.383 e. The fraction of sp³-hybridized carbons (Fsp3) is 0.600. The summed E-state index contributed by atoms with van der Waals surface area (Å²) in [6.45, 7) is -2.22. The molecular weight excluding hydrogens is 498 g/mol. The minimum absolute atomic E-state index is 0.167. The quantitative estimate of drug-likeness (QED) is 0.126. The lowest BCUT2D eigenvalue weighted by Gasteiger charge is -2.35. The first-order valence-corrected chi connectivity index (χ1v) is 12.2. The van der Waals surface area contributed by atoms with Crippen molar-refractivity contribution < 1.29 is 65.8 Å². The fourth-order valence-corrected chi connectivity index (χ4v) is 4.98. The molecule has 21 heteroatoms. The molecule has 8 N–H and O–H groups in total. The smallest absolute Gasteiger partial charge is 0.383 e. The van der Waals surface area contributed by atoms with Crippen molar-refractivity contribution in [3.63, 3.8) is 0 Å². The molecule has 0 saturated carbocycles. The van der Waals surface area contributed by atoms with E-state index in [-0.39, 0.29) is 5.82 Å². The number of phosphoric acid groups is 3. The molecule has 0 aliphatic rings. The van der Waals surface area contributed by atoms with E-state index in [1.54, 1.807) is 0 Å². The predicted molar refractivity (Wildman–Crippen MR) is 95.5 cm³/mol. The van der Waals surface area contributed by atoms with Crippen molar-refractivity contribution in [2.75, 3.05) is 19.0 Å². The Balaban J connectivity index is 3.04. The zero-order valence-corrected chi connectivity index (χ0v) is 18.0. The summed E-state index contributed by atoms with van der Waals surface area (Å²) < 4.78 is 64.2. The second-order valence-corrected chi connectivity index (χ2v) is 10.1. The Morgan fingerprint density at radius 1 is 1.19 bits per heavy atom. The lowest BCUT2D eigenvalue weighted by Crippen LogP contribution is -2.52. The van der Waals surface area contributed by atoms with E-state index in [9.17, 15) is 38.0 Å². The molecule has 0 aliphatic carbocycles. The second kappa shape index (κ2) is 10.2. The number of phosphoric ester groups is 1. The monoisotopic (exact) mass is 517 g/mol. The number of anilines is 1. The van der Waals surface area contributed by atoms with Gasteiger partial charge in [-0.25, -0.2) is 22.9 Å². The standard InChI is InChI=1S/C10H19FN3O14P3/c1-6(14-3-2-7(12)13-9(14)17)26-10(4-11,8(15)16)5-25-30(21,22)28-31(23,24)27-29(18,19)20/h2-3,6,8,15-16H,4-5H2,1H3,(H,21,22)(H,23,24)(H2,12,13,17)(H2,18,19,20)/t6-,10?/m1/s1. The first-order chi connectivity index (χ1) is 13.9. The van der Waals surface area contributed by atoms with E-state index >= 15 is 0 Å². The van der Waals surface area contributed by atoms with Gasteiger partial charge in [-0.3, -0.25) is 9.09 Å². The molecule has 4 atom stereocenters. The molecule has 1 aromatic rings. The Morgan fingerprint density at radius 3 is 2.23 bits per heavy atom. The van der Waals surface area contributed by atoms with Crippen LogP contribution in [0.5, 0.6) is 0 Å². The highest BCUT2D eigenvalue weighted by atomic mass is 31.3. The molecule has 17 nitrogen and oxygen atoms in total. The van der Waals surface area contributed by atoms with Gasteiger partial charge in [-0.1, -0.05) is 0 Å². The van der Waals surface area contributed by atoms with Crippen LogP contribution in [0.25, 0.3) is 0 Å². The number of aliphatic hydroxyl groups excluding tert-OH is 1. The number of ether oxygens (including phenoxy) is 1. The molecule has 180 valence electrons. The number of hydrogen-bond donors (Lipinski definition) is 7. The summed E-state index contributed by atoms with van der Waals surface area (Å²) in [4.78, 5) is 50.6. The molecule has 0 bridgehead atoms. The SMILES string of the molecule is C[C@@H](OC(CF)(COP(=O)(O)OP(=O)(O)OP(=O)(O)O)C(O)O)n1ccc(N)nc1=O. The second-order valence-electron chi connectivity index (χ2n) is 5.70. The van der Waals surface area contributed by atoms with E-state index in [2.05, 4.69) is 18.1 Å². The molecule has 0 aliphatic heterocycles. The first-order valence-electron chi connectivity index (χ1n) is 7.65. The van der Waals surface area contributed by atoms with Gasteiger partial charge in [-0.2, -0.15) is 13.6 Å². The fourth-order valence-electron chi connectivity index (χ4n) is 1.90. The van der Waals surface area contributed by atoms with Crippen molar-refractivity contribution in [1.82, 2.24) is 9.55 Å². The van der Waals surface area contributed by atoms with Gasteiger partial charge in [0.25, 0.3) is 0 Å². The number of aliphatic hydroxyl groups is 2. The van der Waals surface area contributed by atoms with Crippen LogP contribution < -0.4 is 11.4 Å². The average Bonchev–Trinajstić information content (AvgIpc) is 2.54. The van der Waals surface area contributed by atoms with Gasteiger partial charge in [-0.05, 0) is 13.0 Å². The van der Waals surface area contributed by atoms with Crippen LogP contribution in [0.1, 0.15) is 13.2 Å². The minimum atomic E-state index is -5.86. The van der Waals surface area contributed by atoms with Gasteiger partial charge in [0.05, 0.1) is 6.61 Å². The summed E-state index contributed by atoms with van der Waals surface area (Å²) in [5.74, 6) is -0.167. The normalized spacial score (nSPS) is 19.4. The Bertz CT molecular complexity index is 967. The largest absolute Gasteiger partial charge is 0.490 e. The number of hydrogen-bond acceptors (Lipinski definition) is 12. The predicted octanol–water partition coefficient (Wildman–Crippen LogP) is -1.28. The van der Waals surface area contributed by atoms with Crippen LogP contribution in [-0.4, -0.2) is 64.5 Å². The van der Waals surface area contributed by atoms with E-state index in [0.717, 1.165) is 23.8 Å². The van der Waals surface area contributed by atoms with Crippen LogP contribution in [0, 0.1) is 0 Å². The zero-order chi connectivity index (χ0) is 24.3. The highest BCUT2D eigenvalue weighted by Gasteiger charge is 2.46. The maximum atomic E-state index is 13.6. The first kappa shape index (κ1) is 27.9. The molecule has 0 radical (unpaired) electrons. The summed E-state index contributed by atoms with van der Waals surface area (Å²) in [6, 6.07) is 1.15. The number of nitrogens with two attached hydrogens (primary N) is 1. The molecule has 0 spiro atoms. The Morgan fingerprint density at radius 2 is 1.77 bits per heavy atom. The van der Waals surface area contributed by atoms with E-state index in [1.165, 1.54) is 0 Å². The molecule has 0 saturated heterocycles. The van der Waals surface area contributed by atoms with Crippen LogP contribution in [0.4, 0.5) is 10.2 Å². The van der Waals surface area contributed by atoms with E-state index in [0.29, 0.717) is 0 Å². The van der Waals surface area contributed by atoms with Crippen LogP contribution in [-0.2, 0) is 31.6 Å². The van der Waals surface area contributed by atoms with E-state index < -0.39 is 60.6 Å². The zero-order valence-electron chi connectivity index (χ0n) is 15.4. The van der Waals surface area contributed by atoms with Gasteiger partial charge in [0.1, 0.15) is 18.7 Å². The van der Waals surface area contributed by atoms with E-state index in [1.807, 2.05) is 0 Å². The third-order valence-electron chi connectivity index (χ3n) is 3.23. The van der Waals surface area contributed by atoms with Gasteiger partial charge >= 0.3 is 29.2 Å². The summed E-state index contributed by atoms with van der Waals surface area (Å²) >= 11 is 0. The van der Waals surface area contributed by atoms with Crippen LogP contribution >= 0.6 is 23.5 Å². The molecule has 1 aromatic heterocycles. The number of nitrogens with zero attached hydrogens (tertiary/aromatic N) is 2. The number of aromatic nitrogens is 2. The summed E-state index contributed by atoms with van der Waals surface area (Å²) in [6.07, 6.45) is -3.17. The number of alkyl halides is 1. The van der Waals surface area contributed by atoms with Crippen LogP contribution in [0.2, 0.25) is 0 Å². The Labute approximate surface area is 172 Å². The lowest BCUT2D eigenvalue weighted by molar-refractivity contribution is -0.255. The number of halogens is 1. The topological polar surface area (TPSA) is 270 Å². The van der Waals surface area contributed by atoms with Crippen molar-refractivity contribution in [1.29, 1.82) is 0 Å². The number of rotatable bonds is 12. The molecule has 3 unspecified atom stereocenters. The number of nitrogen functional groups attached to an aromatic ring is 1. The van der Waals surface area contributed by atoms with Crippen molar-refractivity contribution >= 4 is 29.3 Å². The van der Waals surface area contributed by atoms with Crippen molar-refractivity contribution in [2.24, 2.45) is 0 Å². The summed E-state index contributed by atoms with van der Waals surface area (Å²) in [5, 5.41) is 19.0. The summed E-state index contributed by atoms with van der Waals surface area (Å²) in [5.41, 5.74) is 1.47. The van der Waals surface area contributed by atoms with Crippen LogP contribution in [0.3, 0.4) is 0 Å². The highest BCUT2D eigenvalue weighted by molar-refractivity contribution is 7.66. The maximum absolute atomic E-state index is 13.6. The average molecular weight is 517 g/mol. The molecule has 0 amide bonds. The summed E-state index contributed by atoms with van der Waals surface area (Å²) in [7, 11) is -17.2. The molecule has 31 heavy (non-hydrogen) atoms. The van der Waals surface area contributed by atoms with E-state index in [4.69, 9.17) is 25.2 Å². The third kappa shape index (κ3) is 8.75. The van der Waals surface area contributed by atoms with Gasteiger partial charge in [0.2, 0.25) is 0 Å². The van der Waals surface area contributed by atoms with Gasteiger partial charge < -0.3 is 40.3 Å². The van der Waals surface area contributed by atoms with Crippen molar-refractivity contribution in [3.05, 3.63) is 22.7 Å². The van der Waals surface area contributed by atoms with Crippen molar-refractivity contribution in [3.8, 4) is 0 Å². The lowest BCUT2D eigenvalue weighted by atomic mass is 10.1. The highest BCUT2D eigenvalue weighted by Crippen LogP contribution is 2.66. The van der Waals surface area contributed by atoms with Crippen molar-refractivity contribution in [2.45, 2.75) is 25.0 Å². The van der Waals surface area contributed by atoms with Gasteiger partial charge in [0.15, 0.2) is 11.9 Å². The van der Waals surface area contributed by atoms with Gasteiger partial charge in [0, 0.05) is 6.20 Å². The molecule has 1 heterocycles. The Hall–Kier alpha value is -1.10. The molecule has 0 fully saturated rings. The third-order valence-corrected chi connectivity index (χ3v) is 7.02. The molecule has 0 aromatic carbocycles. The van der Waals surface area contributed by atoms with Crippen LogP contribution in [0.15, 0.2) is 17.1 Å². The maximum Gasteiger partial charge on any atom is 0.490 e. The van der Waals surface area contributed by atoms with Gasteiger partial charge in [-0.15, -0.1) is 0 Å².